The van der Waals surface area contributed by atoms with Crippen molar-refractivity contribution < 1.29 is 9.53 Å². The lowest BCUT2D eigenvalue weighted by Crippen LogP contribution is -2.13. The number of carbonyl (C=O) groups is 1. The fourth-order valence-electron chi connectivity index (χ4n) is 1.02. The minimum absolute atomic E-state index is 0.221. The van der Waals surface area contributed by atoms with Crippen molar-refractivity contribution >= 4 is 40.2 Å². The Morgan fingerprint density at radius 1 is 1.47 bits per heavy atom. The van der Waals surface area contributed by atoms with Gasteiger partial charge in [-0.2, -0.15) is 5.10 Å². The molecule has 0 bridgehead atoms. The first-order valence-corrected chi connectivity index (χ1v) is 6.58. The number of thioether (sulfide) groups is 1. The molecule has 0 heterocycles. The Kier molecular flexibility index (Phi) is 5.86. The van der Waals surface area contributed by atoms with Crippen LogP contribution in [0.25, 0.3) is 0 Å². The van der Waals surface area contributed by atoms with Crippen molar-refractivity contribution in [2.45, 2.75) is 11.8 Å². The molecule has 0 fully saturated rings. The summed E-state index contributed by atoms with van der Waals surface area (Å²) in [6.45, 7) is 1.98. The van der Waals surface area contributed by atoms with E-state index in [-0.39, 0.29) is 11.8 Å². The van der Waals surface area contributed by atoms with E-state index < -0.39 is 5.97 Å². The molecule has 0 radical (unpaired) electrons. The molecule has 0 amide bonds. The summed E-state index contributed by atoms with van der Waals surface area (Å²) >= 11 is 7.28. The first kappa shape index (κ1) is 13.9. The van der Waals surface area contributed by atoms with Gasteiger partial charge in [0.2, 0.25) is 5.17 Å². The van der Waals surface area contributed by atoms with Crippen LogP contribution in [-0.4, -0.2) is 24.0 Å². The van der Waals surface area contributed by atoms with Gasteiger partial charge in [-0.25, -0.2) is 4.79 Å². The van der Waals surface area contributed by atoms with Gasteiger partial charge in [0.1, 0.15) is 0 Å². The molecule has 0 aromatic heterocycles. The van der Waals surface area contributed by atoms with Gasteiger partial charge in [-0.1, -0.05) is 11.6 Å². The Labute approximate surface area is 109 Å². The van der Waals surface area contributed by atoms with Crippen molar-refractivity contribution in [2.75, 3.05) is 18.3 Å². The molecule has 0 spiro atoms. The Morgan fingerprint density at radius 3 is 2.65 bits per heavy atom. The smallest absolute Gasteiger partial charge is 0.370 e. The minimum atomic E-state index is -0.637. The number of hydrogen-bond acceptors (Lipinski definition) is 5. The lowest BCUT2D eigenvalue weighted by Gasteiger charge is -2.02. The zero-order chi connectivity index (χ0) is 12.7. The summed E-state index contributed by atoms with van der Waals surface area (Å²) in [6.07, 6.45) is 2.00. The molecule has 0 aliphatic heterocycles. The second-order valence-corrected chi connectivity index (χ2v) is 4.20. The molecule has 1 aromatic carbocycles. The van der Waals surface area contributed by atoms with Gasteiger partial charge in [0, 0.05) is 4.90 Å². The number of anilines is 1. The van der Waals surface area contributed by atoms with E-state index in [1.165, 1.54) is 0 Å². The molecular weight excluding hydrogens is 260 g/mol. The van der Waals surface area contributed by atoms with Gasteiger partial charge < -0.3 is 4.74 Å². The Morgan fingerprint density at radius 2 is 2.12 bits per heavy atom. The van der Waals surface area contributed by atoms with Crippen LogP contribution in [0.4, 0.5) is 5.69 Å². The normalized spacial score (nSPS) is 11.1. The van der Waals surface area contributed by atoms with Crippen LogP contribution in [0.1, 0.15) is 6.92 Å². The molecule has 0 aliphatic rings. The molecule has 1 aromatic rings. The molecule has 92 valence electrons. The second-order valence-electron chi connectivity index (χ2n) is 2.96. The molecule has 1 rings (SSSR count). The van der Waals surface area contributed by atoms with Gasteiger partial charge in [-0.15, -0.1) is 11.8 Å². The standard InChI is InChI=1S/C11H13ClN2O2S/c1-3-16-11(15)10(12)14-13-8-4-6-9(17-2)7-5-8/h4-7,13H,3H2,1-2H3/b14-10-. The Hall–Kier alpha value is -1.20. The molecule has 17 heavy (non-hydrogen) atoms. The van der Waals surface area contributed by atoms with Crippen molar-refractivity contribution in [1.29, 1.82) is 0 Å². The van der Waals surface area contributed by atoms with Gasteiger partial charge >= 0.3 is 5.97 Å². The summed E-state index contributed by atoms with van der Waals surface area (Å²) in [6, 6.07) is 7.59. The highest BCUT2D eigenvalue weighted by Gasteiger charge is 2.08. The Balaban J connectivity index is 2.59. The highest BCUT2D eigenvalue weighted by molar-refractivity contribution is 7.98. The first-order chi connectivity index (χ1) is 8.17. The lowest BCUT2D eigenvalue weighted by atomic mass is 10.3. The summed E-state index contributed by atoms with van der Waals surface area (Å²) in [7, 11) is 0. The maximum absolute atomic E-state index is 11.1. The van der Waals surface area contributed by atoms with E-state index in [0.29, 0.717) is 0 Å². The van der Waals surface area contributed by atoms with Gasteiger partial charge in [-0.3, -0.25) is 5.43 Å². The molecule has 0 saturated carbocycles. The third-order valence-electron chi connectivity index (χ3n) is 1.82. The zero-order valence-electron chi connectivity index (χ0n) is 9.57. The topological polar surface area (TPSA) is 50.7 Å². The molecule has 0 unspecified atom stereocenters. The van der Waals surface area contributed by atoms with Crippen molar-refractivity contribution in [3.05, 3.63) is 24.3 Å². The second kappa shape index (κ2) is 7.19. The average molecular weight is 273 g/mol. The van der Waals surface area contributed by atoms with Crippen LogP contribution in [-0.2, 0) is 9.53 Å². The van der Waals surface area contributed by atoms with Crippen molar-refractivity contribution in [3.8, 4) is 0 Å². The number of hydrazone groups is 1. The van der Waals surface area contributed by atoms with Crippen LogP contribution >= 0.6 is 23.4 Å². The average Bonchev–Trinajstić information content (AvgIpc) is 2.36. The maximum atomic E-state index is 11.1. The fraction of sp³-hybridized carbons (Fsp3) is 0.273. The van der Waals surface area contributed by atoms with Crippen LogP contribution in [0.2, 0.25) is 0 Å². The number of nitrogens with zero attached hydrogens (tertiary/aromatic N) is 1. The number of benzene rings is 1. The van der Waals surface area contributed by atoms with Gasteiger partial charge in [0.05, 0.1) is 12.3 Å². The monoisotopic (exact) mass is 272 g/mol. The van der Waals surface area contributed by atoms with Crippen LogP contribution in [0.5, 0.6) is 0 Å². The van der Waals surface area contributed by atoms with Gasteiger partial charge in [-0.05, 0) is 37.4 Å². The quantitative estimate of drug-likeness (QED) is 0.388. The molecule has 0 aliphatic carbocycles. The van der Waals surface area contributed by atoms with E-state index in [1.54, 1.807) is 18.7 Å². The molecule has 0 atom stereocenters. The molecule has 6 heteroatoms. The van der Waals surface area contributed by atoms with Crippen molar-refractivity contribution in [3.63, 3.8) is 0 Å². The highest BCUT2D eigenvalue weighted by Crippen LogP contribution is 2.17. The third-order valence-corrected chi connectivity index (χ3v) is 2.80. The molecular formula is C11H13ClN2O2S. The summed E-state index contributed by atoms with van der Waals surface area (Å²) in [5.41, 5.74) is 3.44. The van der Waals surface area contributed by atoms with Gasteiger partial charge in [0.25, 0.3) is 0 Å². The predicted molar refractivity (Wildman–Crippen MR) is 71.8 cm³/mol. The fourth-order valence-corrected chi connectivity index (χ4v) is 1.52. The summed E-state index contributed by atoms with van der Waals surface area (Å²) in [5, 5.41) is 3.50. The number of esters is 1. The minimum Gasteiger partial charge on any atom is -0.461 e. The maximum Gasteiger partial charge on any atom is 0.370 e. The molecule has 0 saturated heterocycles. The number of ether oxygens (including phenoxy) is 1. The largest absolute Gasteiger partial charge is 0.461 e. The van der Waals surface area contributed by atoms with E-state index in [4.69, 9.17) is 11.6 Å². The highest BCUT2D eigenvalue weighted by atomic mass is 35.5. The molecule has 4 nitrogen and oxygen atoms in total. The summed E-state index contributed by atoms with van der Waals surface area (Å²) < 4.78 is 4.68. The van der Waals surface area contributed by atoms with Crippen LogP contribution in [0.3, 0.4) is 0 Å². The van der Waals surface area contributed by atoms with Crippen LogP contribution in [0, 0.1) is 0 Å². The van der Waals surface area contributed by atoms with E-state index in [0.717, 1.165) is 10.6 Å². The lowest BCUT2D eigenvalue weighted by molar-refractivity contribution is -0.134. The number of hydrogen-bond donors (Lipinski definition) is 1. The third kappa shape index (κ3) is 4.66. The number of rotatable bonds is 5. The van der Waals surface area contributed by atoms with Gasteiger partial charge in [0.15, 0.2) is 0 Å². The predicted octanol–water partition coefficient (Wildman–Crippen LogP) is 2.94. The van der Waals surface area contributed by atoms with E-state index in [2.05, 4.69) is 15.3 Å². The first-order valence-electron chi connectivity index (χ1n) is 4.97. The van der Waals surface area contributed by atoms with Crippen molar-refractivity contribution in [1.82, 2.24) is 0 Å². The zero-order valence-corrected chi connectivity index (χ0v) is 11.1. The SMILES string of the molecule is CCOC(=O)/C(Cl)=N/Nc1ccc(SC)cc1. The summed E-state index contributed by atoms with van der Waals surface area (Å²) in [5.74, 6) is -0.637. The van der Waals surface area contributed by atoms with Crippen molar-refractivity contribution in [2.24, 2.45) is 5.10 Å². The van der Waals surface area contributed by atoms with E-state index >= 15 is 0 Å². The molecule has 1 N–H and O–H groups in total. The Bertz CT molecular complexity index is 406. The number of nitrogens with one attached hydrogen (secondary N) is 1. The van der Waals surface area contributed by atoms with Crippen LogP contribution < -0.4 is 5.43 Å². The number of halogens is 1. The number of carbonyl (C=O) groups excluding carboxylic acids is 1. The summed E-state index contributed by atoms with van der Waals surface area (Å²) in [4.78, 5) is 12.3. The van der Waals surface area contributed by atoms with Crippen LogP contribution in [0.15, 0.2) is 34.3 Å². The van der Waals surface area contributed by atoms with E-state index in [9.17, 15) is 4.79 Å². The van der Waals surface area contributed by atoms with E-state index in [1.807, 2.05) is 30.5 Å².